The van der Waals surface area contributed by atoms with Gasteiger partial charge in [0.25, 0.3) is 0 Å². The Morgan fingerprint density at radius 2 is 0.812 bits per heavy atom. The largest absolute Gasteiger partial charge is 0.393 e. The zero-order valence-electron chi connectivity index (χ0n) is 9.62. The number of aliphatic hydroxyl groups is 3. The summed E-state index contributed by atoms with van der Waals surface area (Å²) in [6, 6.07) is 0. The average molecular weight is 268 g/mol. The Bertz CT molecular complexity index is 142. The van der Waals surface area contributed by atoms with Crippen LogP contribution in [0.2, 0.25) is 0 Å². The van der Waals surface area contributed by atoms with Gasteiger partial charge >= 0.3 is 0 Å². The van der Waals surface area contributed by atoms with E-state index < -0.39 is 6.10 Å². The van der Waals surface area contributed by atoms with Crippen LogP contribution in [0.4, 0.5) is 0 Å². The molecule has 0 amide bonds. The van der Waals surface area contributed by atoms with E-state index in [9.17, 15) is 15.3 Å². The van der Waals surface area contributed by atoms with Crippen LogP contribution in [0.15, 0.2) is 0 Å². The van der Waals surface area contributed by atoms with Gasteiger partial charge in [-0.3, -0.25) is 0 Å². The van der Waals surface area contributed by atoms with E-state index in [0.29, 0.717) is 50.0 Å². The van der Waals surface area contributed by atoms with Crippen molar-refractivity contribution in [1.29, 1.82) is 0 Å². The fourth-order valence-corrected chi connectivity index (χ4v) is 2.10. The SMILES string of the molecule is OC(CCS)CCC(O)CCC(O)CCS. The minimum Gasteiger partial charge on any atom is -0.393 e. The predicted octanol–water partition coefficient (Wildman–Crippen LogP) is 1.27. The van der Waals surface area contributed by atoms with Crippen molar-refractivity contribution in [1.82, 2.24) is 0 Å². The van der Waals surface area contributed by atoms with Crippen molar-refractivity contribution < 1.29 is 15.3 Å². The van der Waals surface area contributed by atoms with Gasteiger partial charge in [-0.2, -0.15) is 25.3 Å². The number of aliphatic hydroxyl groups excluding tert-OH is 3. The van der Waals surface area contributed by atoms with Gasteiger partial charge in [-0.05, 0) is 50.0 Å². The lowest BCUT2D eigenvalue weighted by Crippen LogP contribution is -2.16. The van der Waals surface area contributed by atoms with Crippen LogP contribution in [0, 0.1) is 0 Å². The van der Waals surface area contributed by atoms with E-state index in [-0.39, 0.29) is 12.2 Å². The van der Waals surface area contributed by atoms with Gasteiger partial charge in [-0.15, -0.1) is 0 Å². The molecule has 0 aromatic heterocycles. The van der Waals surface area contributed by atoms with Gasteiger partial charge in [0.2, 0.25) is 0 Å². The van der Waals surface area contributed by atoms with Gasteiger partial charge in [0.05, 0.1) is 18.3 Å². The molecule has 0 saturated heterocycles. The summed E-state index contributed by atoms with van der Waals surface area (Å²) in [4.78, 5) is 0. The predicted molar refractivity (Wildman–Crippen MR) is 73.4 cm³/mol. The van der Waals surface area contributed by atoms with E-state index in [2.05, 4.69) is 25.3 Å². The number of thiol groups is 2. The van der Waals surface area contributed by atoms with Gasteiger partial charge in [-0.1, -0.05) is 0 Å². The second kappa shape index (κ2) is 10.7. The van der Waals surface area contributed by atoms with E-state index in [1.165, 1.54) is 0 Å². The molecule has 0 heterocycles. The minimum atomic E-state index is -0.427. The van der Waals surface area contributed by atoms with Crippen molar-refractivity contribution in [3.63, 3.8) is 0 Å². The van der Waals surface area contributed by atoms with Crippen LogP contribution in [0.1, 0.15) is 38.5 Å². The molecule has 98 valence electrons. The molecule has 2 atom stereocenters. The summed E-state index contributed by atoms with van der Waals surface area (Å²) < 4.78 is 0. The first-order chi connectivity index (χ1) is 7.60. The molecule has 3 nitrogen and oxygen atoms in total. The molecule has 0 rings (SSSR count). The lowest BCUT2D eigenvalue weighted by Gasteiger charge is -2.15. The molecule has 0 spiro atoms. The maximum atomic E-state index is 9.62. The quantitative estimate of drug-likeness (QED) is 0.388. The average Bonchev–Trinajstić information content (AvgIpc) is 2.24. The molecule has 0 saturated carbocycles. The van der Waals surface area contributed by atoms with Gasteiger partial charge in [0.15, 0.2) is 0 Å². The molecule has 0 bridgehead atoms. The van der Waals surface area contributed by atoms with Gasteiger partial charge < -0.3 is 15.3 Å². The summed E-state index contributed by atoms with van der Waals surface area (Å²) in [6.07, 6.45) is 2.55. The smallest absolute Gasteiger partial charge is 0.0549 e. The van der Waals surface area contributed by atoms with Crippen molar-refractivity contribution in [2.45, 2.75) is 56.8 Å². The molecular weight excluding hydrogens is 244 g/mol. The summed E-state index contributed by atoms with van der Waals surface area (Å²) >= 11 is 8.07. The van der Waals surface area contributed by atoms with Crippen molar-refractivity contribution in [2.75, 3.05) is 11.5 Å². The Labute approximate surface area is 109 Å². The summed E-state index contributed by atoms with van der Waals surface area (Å²) in [6.45, 7) is 0. The molecule has 0 aliphatic carbocycles. The zero-order chi connectivity index (χ0) is 12.4. The summed E-state index contributed by atoms with van der Waals surface area (Å²) in [5, 5.41) is 28.5. The molecular formula is C11H24O3S2. The second-order valence-corrected chi connectivity index (χ2v) is 5.04. The van der Waals surface area contributed by atoms with Crippen molar-refractivity contribution in [2.24, 2.45) is 0 Å². The van der Waals surface area contributed by atoms with Crippen LogP contribution in [0.25, 0.3) is 0 Å². The molecule has 3 N–H and O–H groups in total. The van der Waals surface area contributed by atoms with E-state index in [1.807, 2.05) is 0 Å². The van der Waals surface area contributed by atoms with Crippen molar-refractivity contribution in [3.8, 4) is 0 Å². The fraction of sp³-hybridized carbons (Fsp3) is 1.00. The number of hydrogen-bond acceptors (Lipinski definition) is 5. The van der Waals surface area contributed by atoms with Crippen LogP contribution < -0.4 is 0 Å². The third kappa shape index (κ3) is 9.78. The Morgan fingerprint density at radius 3 is 1.06 bits per heavy atom. The third-order valence-electron chi connectivity index (χ3n) is 2.59. The van der Waals surface area contributed by atoms with E-state index >= 15 is 0 Å². The Morgan fingerprint density at radius 1 is 0.562 bits per heavy atom. The van der Waals surface area contributed by atoms with Gasteiger partial charge in [0, 0.05) is 0 Å². The molecule has 5 heteroatoms. The lowest BCUT2D eigenvalue weighted by molar-refractivity contribution is 0.0871. The first-order valence-electron chi connectivity index (χ1n) is 5.86. The molecule has 0 aromatic carbocycles. The van der Waals surface area contributed by atoms with E-state index in [4.69, 9.17) is 0 Å². The topological polar surface area (TPSA) is 60.7 Å². The number of hydrogen-bond donors (Lipinski definition) is 5. The van der Waals surface area contributed by atoms with Crippen LogP contribution >= 0.6 is 25.3 Å². The van der Waals surface area contributed by atoms with Crippen LogP contribution in [-0.4, -0.2) is 45.1 Å². The van der Waals surface area contributed by atoms with Gasteiger partial charge in [-0.25, -0.2) is 0 Å². The second-order valence-electron chi connectivity index (χ2n) is 4.14. The zero-order valence-corrected chi connectivity index (χ0v) is 11.4. The Kier molecular flexibility index (Phi) is 11.1. The normalized spacial score (nSPS) is 17.1. The third-order valence-corrected chi connectivity index (χ3v) is 3.11. The minimum absolute atomic E-state index is 0.366. The first-order valence-corrected chi connectivity index (χ1v) is 7.12. The summed E-state index contributed by atoms with van der Waals surface area (Å²) in [7, 11) is 0. The Hall–Kier alpha value is 0.580. The Balaban J connectivity index is 3.46. The maximum Gasteiger partial charge on any atom is 0.0549 e. The van der Waals surface area contributed by atoms with Crippen LogP contribution in [-0.2, 0) is 0 Å². The molecule has 0 fully saturated rings. The molecule has 16 heavy (non-hydrogen) atoms. The highest BCUT2D eigenvalue weighted by atomic mass is 32.1. The first kappa shape index (κ1) is 16.6. The highest BCUT2D eigenvalue weighted by Crippen LogP contribution is 2.12. The van der Waals surface area contributed by atoms with Crippen molar-refractivity contribution in [3.05, 3.63) is 0 Å². The molecule has 0 aromatic rings. The highest BCUT2D eigenvalue weighted by molar-refractivity contribution is 7.80. The molecule has 0 aliphatic rings. The monoisotopic (exact) mass is 268 g/mol. The summed E-state index contributed by atoms with van der Waals surface area (Å²) in [5.74, 6) is 1.33. The summed E-state index contributed by atoms with van der Waals surface area (Å²) in [5.41, 5.74) is 0. The number of rotatable bonds is 10. The lowest BCUT2D eigenvalue weighted by atomic mass is 10.0. The van der Waals surface area contributed by atoms with Crippen LogP contribution in [0.5, 0.6) is 0 Å². The fourth-order valence-electron chi connectivity index (χ4n) is 1.50. The molecule has 0 radical (unpaired) electrons. The molecule has 0 aliphatic heterocycles. The van der Waals surface area contributed by atoms with E-state index in [0.717, 1.165) is 0 Å². The van der Waals surface area contributed by atoms with E-state index in [1.54, 1.807) is 0 Å². The highest BCUT2D eigenvalue weighted by Gasteiger charge is 2.11. The maximum absolute atomic E-state index is 9.62. The van der Waals surface area contributed by atoms with Crippen LogP contribution in [0.3, 0.4) is 0 Å². The molecule has 2 unspecified atom stereocenters. The van der Waals surface area contributed by atoms with Crippen molar-refractivity contribution >= 4 is 25.3 Å². The van der Waals surface area contributed by atoms with Gasteiger partial charge in [0.1, 0.15) is 0 Å². The standard InChI is InChI=1S/C11H24O3S2/c12-9(1-3-10(13)5-7-15)2-4-11(14)6-8-16/h9-16H,1-8H2.